The molecule has 2 aromatic rings. The first kappa shape index (κ1) is 20.1. The third-order valence-corrected chi connectivity index (χ3v) is 6.20. The Labute approximate surface area is 173 Å². The van der Waals surface area contributed by atoms with E-state index in [1.54, 1.807) is 4.90 Å². The third kappa shape index (κ3) is 3.81. The molecule has 1 aromatic carbocycles. The van der Waals surface area contributed by atoms with E-state index in [2.05, 4.69) is 4.98 Å². The Balaban J connectivity index is 1.39. The van der Waals surface area contributed by atoms with Gasteiger partial charge < -0.3 is 14.2 Å². The van der Waals surface area contributed by atoms with E-state index in [1.807, 2.05) is 26.0 Å². The minimum Gasteiger partial charge on any atom is -0.486 e. The molecule has 1 amide bonds. The number of nitrogens with zero attached hydrogens (tertiary/aromatic N) is 2. The Morgan fingerprint density at radius 3 is 2.53 bits per heavy atom. The molecule has 1 fully saturated rings. The lowest BCUT2D eigenvalue weighted by atomic mass is 9.82. The number of benzene rings is 1. The van der Waals surface area contributed by atoms with Crippen molar-refractivity contribution in [3.05, 3.63) is 61.9 Å². The van der Waals surface area contributed by atoms with Crippen molar-refractivity contribution in [2.24, 2.45) is 0 Å². The van der Waals surface area contributed by atoms with Gasteiger partial charge in [-0.1, -0.05) is 0 Å². The highest BCUT2D eigenvalue weighted by molar-refractivity contribution is 6.00. The number of Topliss-reactive ketones (excluding diaryl/α,β-unsaturated/α-hetero) is 1. The summed E-state index contributed by atoms with van der Waals surface area (Å²) >= 11 is 0. The molecule has 158 valence electrons. The number of rotatable bonds is 3. The van der Waals surface area contributed by atoms with E-state index in [9.17, 15) is 19.2 Å². The van der Waals surface area contributed by atoms with Gasteiger partial charge in [0.25, 0.3) is 5.56 Å². The van der Waals surface area contributed by atoms with Gasteiger partial charge in [-0.05, 0) is 37.1 Å². The average molecular weight is 411 g/mol. The molecule has 1 saturated heterocycles. The average Bonchev–Trinajstić information content (AvgIpc) is 2.69. The lowest BCUT2D eigenvalue weighted by Gasteiger charge is -2.44. The molecule has 1 N–H and O–H groups in total. The Morgan fingerprint density at radius 1 is 1.13 bits per heavy atom. The lowest BCUT2D eigenvalue weighted by molar-refractivity contribution is -0.135. The number of H-pyrrole nitrogens is 1. The molecule has 0 bridgehead atoms. The summed E-state index contributed by atoms with van der Waals surface area (Å²) in [5, 5.41) is 0. The molecule has 0 aliphatic carbocycles. The monoisotopic (exact) mass is 411 g/mol. The van der Waals surface area contributed by atoms with Crippen LogP contribution in [0.5, 0.6) is 5.75 Å². The molecule has 1 spiro atoms. The van der Waals surface area contributed by atoms with Crippen molar-refractivity contribution in [1.29, 1.82) is 0 Å². The van der Waals surface area contributed by atoms with Crippen molar-refractivity contribution in [2.45, 2.75) is 51.7 Å². The second-order valence-electron chi connectivity index (χ2n) is 8.25. The van der Waals surface area contributed by atoms with Crippen molar-refractivity contribution in [3.63, 3.8) is 0 Å². The van der Waals surface area contributed by atoms with Crippen molar-refractivity contribution in [3.8, 4) is 5.75 Å². The number of fused-ring (bicyclic) bond motifs is 1. The van der Waals surface area contributed by atoms with Crippen molar-refractivity contribution in [1.82, 2.24) is 14.5 Å². The van der Waals surface area contributed by atoms with Crippen LogP contribution in [-0.2, 0) is 11.3 Å². The van der Waals surface area contributed by atoms with Gasteiger partial charge in [0.1, 0.15) is 11.4 Å². The van der Waals surface area contributed by atoms with Crippen LogP contribution in [0, 0.1) is 13.8 Å². The molecule has 0 radical (unpaired) electrons. The maximum absolute atomic E-state index is 12.7. The summed E-state index contributed by atoms with van der Waals surface area (Å²) in [4.78, 5) is 52.1. The summed E-state index contributed by atoms with van der Waals surface area (Å²) in [7, 11) is 0. The molecule has 0 unspecified atom stereocenters. The molecule has 2 aliphatic rings. The number of aryl methyl sites for hydroxylation is 3. The van der Waals surface area contributed by atoms with E-state index in [-0.39, 0.29) is 24.7 Å². The topological polar surface area (TPSA) is 101 Å². The number of carbonyl (C=O) groups excluding carboxylic acids is 2. The summed E-state index contributed by atoms with van der Waals surface area (Å²) in [5.41, 5.74) is 1.27. The van der Waals surface area contributed by atoms with Gasteiger partial charge in [-0.2, -0.15) is 0 Å². The Kier molecular flexibility index (Phi) is 5.09. The highest BCUT2D eigenvalue weighted by Gasteiger charge is 2.43. The predicted molar refractivity (Wildman–Crippen MR) is 110 cm³/mol. The summed E-state index contributed by atoms with van der Waals surface area (Å²) in [5.74, 6) is 0.681. The molecule has 4 rings (SSSR count). The SMILES string of the molecule is Cc1cc2c(cc1C)C(=O)CC1(CCN(C(=O)CCn3ccc(=O)[nH]c3=O)CC1)O2. The van der Waals surface area contributed by atoms with E-state index in [4.69, 9.17) is 4.74 Å². The Morgan fingerprint density at radius 2 is 1.83 bits per heavy atom. The van der Waals surface area contributed by atoms with Gasteiger partial charge in [0.05, 0.1) is 12.0 Å². The molecular weight excluding hydrogens is 386 g/mol. The second-order valence-corrected chi connectivity index (χ2v) is 8.25. The highest BCUT2D eigenvalue weighted by atomic mass is 16.5. The van der Waals surface area contributed by atoms with Crippen LogP contribution >= 0.6 is 0 Å². The first-order chi connectivity index (χ1) is 14.3. The van der Waals surface area contributed by atoms with E-state index in [0.717, 1.165) is 11.1 Å². The molecule has 2 aliphatic heterocycles. The fourth-order valence-corrected chi connectivity index (χ4v) is 4.19. The number of hydrogen-bond donors (Lipinski definition) is 1. The number of piperidine rings is 1. The number of nitrogens with one attached hydrogen (secondary N) is 1. The summed E-state index contributed by atoms with van der Waals surface area (Å²) in [6, 6.07) is 5.09. The molecule has 0 atom stereocenters. The molecule has 8 heteroatoms. The second kappa shape index (κ2) is 7.59. The van der Waals surface area contributed by atoms with Crippen LogP contribution in [0.2, 0.25) is 0 Å². The molecule has 3 heterocycles. The zero-order valence-corrected chi connectivity index (χ0v) is 17.2. The maximum atomic E-state index is 12.7. The number of ketones is 1. The highest BCUT2D eigenvalue weighted by Crippen LogP contribution is 2.40. The van der Waals surface area contributed by atoms with Gasteiger partial charge in [-0.25, -0.2) is 4.79 Å². The van der Waals surface area contributed by atoms with E-state index >= 15 is 0 Å². The van der Waals surface area contributed by atoms with Crippen LogP contribution in [0.4, 0.5) is 0 Å². The predicted octanol–water partition coefficient (Wildman–Crippen LogP) is 1.57. The number of aromatic amines is 1. The number of carbonyl (C=O) groups is 2. The van der Waals surface area contributed by atoms with Gasteiger partial charge in [-0.3, -0.25) is 19.4 Å². The van der Waals surface area contributed by atoms with E-state index in [0.29, 0.717) is 43.7 Å². The van der Waals surface area contributed by atoms with Crippen molar-refractivity contribution >= 4 is 11.7 Å². The van der Waals surface area contributed by atoms with Gasteiger partial charge in [-0.15, -0.1) is 0 Å². The standard InChI is InChI=1S/C22H25N3O5/c1-14-11-16-17(26)13-22(30-18(16)12-15(14)2)5-9-24(10-6-22)20(28)4-8-25-7-3-19(27)23-21(25)29/h3,7,11-12H,4-6,8-10,13H2,1-2H3,(H,23,27,29). The largest absolute Gasteiger partial charge is 0.486 e. The Bertz CT molecular complexity index is 1120. The quantitative estimate of drug-likeness (QED) is 0.826. The summed E-state index contributed by atoms with van der Waals surface area (Å²) < 4.78 is 7.63. The van der Waals surface area contributed by atoms with Crippen LogP contribution in [0.1, 0.15) is 47.2 Å². The van der Waals surface area contributed by atoms with E-state index in [1.165, 1.54) is 16.8 Å². The summed E-state index contributed by atoms with van der Waals surface area (Å²) in [6.45, 7) is 5.20. The van der Waals surface area contributed by atoms with Crippen LogP contribution in [0.15, 0.2) is 34.0 Å². The first-order valence-corrected chi connectivity index (χ1v) is 10.2. The minimum atomic E-state index is -0.557. The first-order valence-electron chi connectivity index (χ1n) is 10.2. The number of amides is 1. The molecule has 30 heavy (non-hydrogen) atoms. The number of hydrogen-bond acceptors (Lipinski definition) is 5. The zero-order valence-electron chi connectivity index (χ0n) is 17.2. The van der Waals surface area contributed by atoms with Gasteiger partial charge in [0.2, 0.25) is 5.91 Å². The molecule has 8 nitrogen and oxygen atoms in total. The van der Waals surface area contributed by atoms with Crippen LogP contribution in [0.25, 0.3) is 0 Å². The van der Waals surface area contributed by atoms with Crippen molar-refractivity contribution < 1.29 is 14.3 Å². The number of likely N-dealkylation sites (tertiary alicyclic amines) is 1. The van der Waals surface area contributed by atoms with Crippen LogP contribution < -0.4 is 16.0 Å². The summed E-state index contributed by atoms with van der Waals surface area (Å²) in [6.07, 6.45) is 3.07. The molecular formula is C22H25N3O5. The van der Waals surface area contributed by atoms with Crippen LogP contribution in [0.3, 0.4) is 0 Å². The lowest BCUT2D eigenvalue weighted by Crippen LogP contribution is -2.52. The maximum Gasteiger partial charge on any atom is 0.328 e. The zero-order chi connectivity index (χ0) is 21.5. The fraction of sp³-hybridized carbons (Fsp3) is 0.455. The van der Waals surface area contributed by atoms with Crippen LogP contribution in [-0.4, -0.2) is 44.8 Å². The van der Waals surface area contributed by atoms with Gasteiger partial charge in [0.15, 0.2) is 5.78 Å². The molecule has 0 saturated carbocycles. The normalized spacial score (nSPS) is 17.5. The van der Waals surface area contributed by atoms with E-state index < -0.39 is 16.9 Å². The van der Waals surface area contributed by atoms with Gasteiger partial charge in [0, 0.05) is 51.2 Å². The number of ether oxygens (including phenoxy) is 1. The fourth-order valence-electron chi connectivity index (χ4n) is 4.19. The van der Waals surface area contributed by atoms with Crippen molar-refractivity contribution in [2.75, 3.05) is 13.1 Å². The third-order valence-electron chi connectivity index (χ3n) is 6.20. The Hall–Kier alpha value is -3.16. The smallest absolute Gasteiger partial charge is 0.328 e. The number of aromatic nitrogens is 2. The molecule has 1 aromatic heterocycles. The van der Waals surface area contributed by atoms with Gasteiger partial charge >= 0.3 is 5.69 Å². The minimum absolute atomic E-state index is 0.0584.